The molecule has 5 nitrogen and oxygen atoms in total. The molecule has 0 spiro atoms. The molecule has 20 heavy (non-hydrogen) atoms. The van der Waals surface area contributed by atoms with Gasteiger partial charge in [-0.2, -0.15) is 0 Å². The third-order valence-corrected chi connectivity index (χ3v) is 4.48. The molecule has 0 amide bonds. The predicted octanol–water partition coefficient (Wildman–Crippen LogP) is 1.11. The van der Waals surface area contributed by atoms with Gasteiger partial charge in [-0.1, -0.05) is 12.1 Å². The predicted molar refractivity (Wildman–Crippen MR) is 81.6 cm³/mol. The largest absolute Gasteiger partial charge is 0.497 e. The molecule has 1 aromatic carbocycles. The van der Waals surface area contributed by atoms with Crippen molar-refractivity contribution in [2.75, 3.05) is 33.5 Å². The lowest BCUT2D eigenvalue weighted by atomic mass is 10.1. The Labute approximate surface area is 122 Å². The van der Waals surface area contributed by atoms with Crippen LogP contribution in [0.1, 0.15) is 12.5 Å². The fourth-order valence-electron chi connectivity index (χ4n) is 1.86. The normalized spacial score (nSPS) is 13.4. The molecule has 0 radical (unpaired) electrons. The van der Waals surface area contributed by atoms with Crippen molar-refractivity contribution in [1.82, 2.24) is 9.62 Å². The van der Waals surface area contributed by atoms with Gasteiger partial charge in [0.25, 0.3) is 0 Å². The van der Waals surface area contributed by atoms with Gasteiger partial charge >= 0.3 is 0 Å². The van der Waals surface area contributed by atoms with Crippen molar-refractivity contribution in [1.29, 1.82) is 0 Å². The van der Waals surface area contributed by atoms with E-state index in [1.54, 1.807) is 14.2 Å². The van der Waals surface area contributed by atoms with Crippen LogP contribution < -0.4 is 10.1 Å². The summed E-state index contributed by atoms with van der Waals surface area (Å²) in [6.45, 7) is 3.19. The minimum Gasteiger partial charge on any atom is -0.497 e. The van der Waals surface area contributed by atoms with Crippen molar-refractivity contribution >= 4 is 10.0 Å². The molecule has 0 aliphatic rings. The Hall–Kier alpha value is -1.11. The summed E-state index contributed by atoms with van der Waals surface area (Å²) in [7, 11) is 0.150. The lowest BCUT2D eigenvalue weighted by molar-refractivity contribution is 0.413. The standard InChI is InChI=1S/C14H24N2O3S/c1-12(15-8-9-16(2)20(4,17)18)10-13-6-5-7-14(11-13)19-3/h5-7,11-12,15H,8-10H2,1-4H3. The van der Waals surface area contributed by atoms with Crippen LogP contribution in [0.3, 0.4) is 0 Å². The maximum atomic E-state index is 11.3. The first-order chi connectivity index (χ1) is 9.32. The van der Waals surface area contributed by atoms with Crippen molar-refractivity contribution < 1.29 is 13.2 Å². The van der Waals surface area contributed by atoms with Crippen LogP contribution in [0.2, 0.25) is 0 Å². The maximum absolute atomic E-state index is 11.3. The molecule has 1 atom stereocenters. The molecule has 1 rings (SSSR count). The van der Waals surface area contributed by atoms with Crippen LogP contribution in [0.4, 0.5) is 0 Å². The number of sulfonamides is 1. The highest BCUT2D eigenvalue weighted by Crippen LogP contribution is 2.13. The Kier molecular flexibility index (Phi) is 6.45. The van der Waals surface area contributed by atoms with E-state index in [1.165, 1.54) is 16.1 Å². The summed E-state index contributed by atoms with van der Waals surface area (Å²) in [4.78, 5) is 0. The molecule has 0 aromatic heterocycles. The Morgan fingerprint density at radius 3 is 2.70 bits per heavy atom. The molecule has 0 fully saturated rings. The molecule has 1 N–H and O–H groups in total. The summed E-state index contributed by atoms with van der Waals surface area (Å²) in [5, 5.41) is 3.32. The Morgan fingerprint density at radius 2 is 2.10 bits per heavy atom. The summed E-state index contributed by atoms with van der Waals surface area (Å²) in [5.74, 6) is 0.853. The van der Waals surface area contributed by atoms with Gasteiger partial charge in [-0.05, 0) is 31.0 Å². The third kappa shape index (κ3) is 5.90. The Balaban J connectivity index is 2.38. The monoisotopic (exact) mass is 300 g/mol. The van der Waals surface area contributed by atoms with Crippen molar-refractivity contribution in [3.05, 3.63) is 29.8 Å². The number of ether oxygens (including phenoxy) is 1. The number of methoxy groups -OCH3 is 1. The third-order valence-electron chi connectivity index (χ3n) is 3.16. The number of hydrogen-bond acceptors (Lipinski definition) is 4. The van der Waals surface area contributed by atoms with E-state index in [-0.39, 0.29) is 6.04 Å². The second-order valence-electron chi connectivity index (χ2n) is 5.00. The van der Waals surface area contributed by atoms with E-state index >= 15 is 0 Å². The minimum absolute atomic E-state index is 0.273. The molecule has 0 aliphatic carbocycles. The van der Waals surface area contributed by atoms with Crippen molar-refractivity contribution in [2.45, 2.75) is 19.4 Å². The quantitative estimate of drug-likeness (QED) is 0.781. The Morgan fingerprint density at radius 1 is 1.40 bits per heavy atom. The van der Waals surface area contributed by atoms with Gasteiger partial charge in [0.15, 0.2) is 0 Å². The molecular weight excluding hydrogens is 276 g/mol. The van der Waals surface area contributed by atoms with Crippen molar-refractivity contribution in [2.24, 2.45) is 0 Å². The highest BCUT2D eigenvalue weighted by molar-refractivity contribution is 7.88. The highest BCUT2D eigenvalue weighted by atomic mass is 32.2. The van der Waals surface area contributed by atoms with Gasteiger partial charge in [0, 0.05) is 26.2 Å². The zero-order chi connectivity index (χ0) is 15.2. The van der Waals surface area contributed by atoms with Crippen molar-refractivity contribution in [3.8, 4) is 5.75 Å². The molecular formula is C14H24N2O3S. The smallest absolute Gasteiger partial charge is 0.210 e. The van der Waals surface area contributed by atoms with E-state index in [4.69, 9.17) is 4.74 Å². The van der Waals surface area contributed by atoms with E-state index in [1.807, 2.05) is 18.2 Å². The van der Waals surface area contributed by atoms with Gasteiger partial charge in [-0.25, -0.2) is 12.7 Å². The minimum atomic E-state index is -3.09. The van der Waals surface area contributed by atoms with Crippen LogP contribution >= 0.6 is 0 Å². The number of likely N-dealkylation sites (N-methyl/N-ethyl adjacent to an activating group) is 1. The van der Waals surface area contributed by atoms with Gasteiger partial charge in [0.2, 0.25) is 10.0 Å². The summed E-state index contributed by atoms with van der Waals surface area (Å²) in [6, 6.07) is 8.24. The van der Waals surface area contributed by atoms with Gasteiger partial charge in [0.05, 0.1) is 13.4 Å². The van der Waals surface area contributed by atoms with Gasteiger partial charge in [-0.15, -0.1) is 0 Å². The van der Waals surface area contributed by atoms with Crippen molar-refractivity contribution in [3.63, 3.8) is 0 Å². The number of nitrogens with one attached hydrogen (secondary N) is 1. The van der Waals surface area contributed by atoms with Gasteiger partial charge in [-0.3, -0.25) is 0 Å². The molecule has 6 heteroatoms. The first kappa shape index (κ1) is 16.9. The Bertz CT molecular complexity index is 517. The molecule has 1 aromatic rings. The van der Waals surface area contributed by atoms with Crippen LogP contribution in [0.15, 0.2) is 24.3 Å². The van der Waals surface area contributed by atoms with Gasteiger partial charge in [0.1, 0.15) is 5.75 Å². The second kappa shape index (κ2) is 7.61. The first-order valence-electron chi connectivity index (χ1n) is 6.60. The molecule has 114 valence electrons. The van der Waals surface area contributed by atoms with E-state index in [9.17, 15) is 8.42 Å². The molecule has 1 unspecified atom stereocenters. The molecule has 0 bridgehead atoms. The molecule has 0 saturated carbocycles. The highest BCUT2D eigenvalue weighted by Gasteiger charge is 2.10. The van der Waals surface area contributed by atoms with Crippen LogP contribution in [-0.4, -0.2) is 52.3 Å². The van der Waals surface area contributed by atoms with E-state index in [0.717, 1.165) is 12.2 Å². The molecule has 0 aliphatic heterocycles. The van der Waals surface area contributed by atoms with Gasteiger partial charge < -0.3 is 10.1 Å². The average molecular weight is 300 g/mol. The SMILES string of the molecule is COc1cccc(CC(C)NCCN(C)S(C)(=O)=O)c1. The number of rotatable bonds is 8. The summed E-state index contributed by atoms with van der Waals surface area (Å²) >= 11 is 0. The zero-order valence-electron chi connectivity index (χ0n) is 12.6. The first-order valence-corrected chi connectivity index (χ1v) is 8.45. The van der Waals surface area contributed by atoms with Crippen LogP contribution in [0.5, 0.6) is 5.75 Å². The lowest BCUT2D eigenvalue weighted by Crippen LogP contribution is -2.37. The fraction of sp³-hybridized carbons (Fsp3) is 0.571. The number of hydrogen-bond donors (Lipinski definition) is 1. The number of nitrogens with zero attached hydrogens (tertiary/aromatic N) is 1. The topological polar surface area (TPSA) is 58.6 Å². The van der Waals surface area contributed by atoms with E-state index < -0.39 is 10.0 Å². The van der Waals surface area contributed by atoms with Crippen LogP contribution in [0, 0.1) is 0 Å². The zero-order valence-corrected chi connectivity index (χ0v) is 13.4. The summed E-state index contributed by atoms with van der Waals surface area (Å²) < 4.78 is 29.0. The van der Waals surface area contributed by atoms with Crippen LogP contribution in [-0.2, 0) is 16.4 Å². The maximum Gasteiger partial charge on any atom is 0.210 e. The lowest BCUT2D eigenvalue weighted by Gasteiger charge is -2.18. The fourth-order valence-corrected chi connectivity index (χ4v) is 2.28. The summed E-state index contributed by atoms with van der Waals surface area (Å²) in [5.41, 5.74) is 1.20. The van der Waals surface area contributed by atoms with E-state index in [0.29, 0.717) is 13.1 Å². The van der Waals surface area contributed by atoms with Crippen LogP contribution in [0.25, 0.3) is 0 Å². The molecule has 0 saturated heterocycles. The molecule has 0 heterocycles. The summed E-state index contributed by atoms with van der Waals surface area (Å²) in [6.07, 6.45) is 2.09. The second-order valence-corrected chi connectivity index (χ2v) is 7.08. The number of benzene rings is 1. The van der Waals surface area contributed by atoms with E-state index in [2.05, 4.69) is 18.3 Å². The average Bonchev–Trinajstić information content (AvgIpc) is 2.37.